The normalized spacial score (nSPS) is 14.0. The number of para-hydroxylation sites is 1. The highest BCUT2D eigenvalue weighted by molar-refractivity contribution is 7.61. The quantitative estimate of drug-likeness (QED) is 0.870. The molecule has 0 bridgehead atoms. The Hall–Kier alpha value is -1.28. The van der Waals surface area contributed by atoms with Gasteiger partial charge >= 0.3 is 7.60 Å². The first-order chi connectivity index (χ1) is 8.08. The minimum Gasteiger partial charge on any atom is -0.421 e. The van der Waals surface area contributed by atoms with E-state index in [9.17, 15) is 9.46 Å². The van der Waals surface area contributed by atoms with Crippen molar-refractivity contribution < 1.29 is 14.0 Å². The summed E-state index contributed by atoms with van der Waals surface area (Å²) in [6.07, 6.45) is 0. The Kier molecular flexibility index (Phi) is 3.53. The molecule has 0 aromatic heterocycles. The van der Waals surface area contributed by atoms with Crippen LogP contribution < -0.4 is 9.83 Å². The molecule has 0 radical (unpaired) electrons. The van der Waals surface area contributed by atoms with Gasteiger partial charge in [0.2, 0.25) is 0 Å². The third-order valence-corrected chi connectivity index (χ3v) is 3.79. The van der Waals surface area contributed by atoms with E-state index in [1.807, 2.05) is 0 Å². The lowest BCUT2D eigenvalue weighted by Gasteiger charge is -2.13. The van der Waals surface area contributed by atoms with E-state index < -0.39 is 7.60 Å². The van der Waals surface area contributed by atoms with E-state index in [0.29, 0.717) is 10.8 Å². The second kappa shape index (κ2) is 4.92. The van der Waals surface area contributed by atoms with E-state index >= 15 is 0 Å². The Morgan fingerprint density at radius 2 is 1.59 bits per heavy atom. The highest BCUT2D eigenvalue weighted by Gasteiger charge is 2.23. The molecule has 5 heteroatoms. The SMILES string of the molecule is O=P(O)(Oc1ccccc1)c1ccc(Cl)cc1. The fourth-order valence-corrected chi connectivity index (χ4v) is 2.47. The van der Waals surface area contributed by atoms with Gasteiger partial charge in [-0.2, -0.15) is 0 Å². The van der Waals surface area contributed by atoms with Crippen molar-refractivity contribution in [2.75, 3.05) is 0 Å². The van der Waals surface area contributed by atoms with Crippen LogP contribution in [0.15, 0.2) is 54.6 Å². The van der Waals surface area contributed by atoms with Crippen LogP contribution in [0.1, 0.15) is 0 Å². The van der Waals surface area contributed by atoms with Crippen molar-refractivity contribution in [3.63, 3.8) is 0 Å². The van der Waals surface area contributed by atoms with Gasteiger partial charge in [0, 0.05) is 5.02 Å². The van der Waals surface area contributed by atoms with E-state index in [4.69, 9.17) is 16.1 Å². The zero-order chi connectivity index (χ0) is 12.3. The monoisotopic (exact) mass is 268 g/mol. The fraction of sp³-hybridized carbons (Fsp3) is 0. The molecule has 1 N–H and O–H groups in total. The first-order valence-corrected chi connectivity index (χ1v) is 6.87. The van der Waals surface area contributed by atoms with Crippen LogP contribution in [0.2, 0.25) is 5.02 Å². The number of halogens is 1. The van der Waals surface area contributed by atoms with Crippen molar-refractivity contribution in [1.29, 1.82) is 0 Å². The smallest absolute Gasteiger partial charge is 0.408 e. The van der Waals surface area contributed by atoms with Gasteiger partial charge in [-0.3, -0.25) is 0 Å². The molecule has 17 heavy (non-hydrogen) atoms. The van der Waals surface area contributed by atoms with Crippen molar-refractivity contribution in [2.24, 2.45) is 0 Å². The highest BCUT2D eigenvalue weighted by Crippen LogP contribution is 2.41. The average Bonchev–Trinajstić information content (AvgIpc) is 2.30. The van der Waals surface area contributed by atoms with Gasteiger partial charge in [0.15, 0.2) is 0 Å². The molecule has 0 spiro atoms. The standard InChI is InChI=1S/C12H10ClO3P/c13-10-6-8-12(9-7-10)17(14,15)16-11-4-2-1-3-5-11/h1-9H,(H,14,15). The summed E-state index contributed by atoms with van der Waals surface area (Å²) in [5.41, 5.74) is 0. The molecular formula is C12H10ClO3P. The van der Waals surface area contributed by atoms with Gasteiger partial charge in [-0.05, 0) is 36.4 Å². The largest absolute Gasteiger partial charge is 0.421 e. The van der Waals surface area contributed by atoms with Gasteiger partial charge in [-0.25, -0.2) is 4.57 Å². The number of hydrogen-bond acceptors (Lipinski definition) is 2. The van der Waals surface area contributed by atoms with Crippen LogP contribution in [0.5, 0.6) is 5.75 Å². The molecule has 0 amide bonds. The summed E-state index contributed by atoms with van der Waals surface area (Å²) in [4.78, 5) is 9.82. The minimum absolute atomic E-state index is 0.214. The van der Waals surface area contributed by atoms with Crippen LogP contribution in [0.4, 0.5) is 0 Å². The summed E-state index contributed by atoms with van der Waals surface area (Å²) in [6.45, 7) is 0. The molecule has 2 aromatic carbocycles. The minimum atomic E-state index is -3.85. The molecule has 0 heterocycles. The summed E-state index contributed by atoms with van der Waals surface area (Å²) >= 11 is 5.71. The van der Waals surface area contributed by atoms with Crippen molar-refractivity contribution >= 4 is 24.5 Å². The molecular weight excluding hydrogens is 259 g/mol. The maximum absolute atomic E-state index is 12.0. The first kappa shape index (κ1) is 12.2. The molecule has 0 aliphatic heterocycles. The Bertz CT molecular complexity index is 539. The summed E-state index contributed by atoms with van der Waals surface area (Å²) < 4.78 is 17.1. The maximum atomic E-state index is 12.0. The second-order valence-corrected chi connectivity index (χ2v) is 5.58. The van der Waals surface area contributed by atoms with Gasteiger partial charge in [0.25, 0.3) is 0 Å². The predicted octanol–water partition coefficient (Wildman–Crippen LogP) is 3.23. The molecule has 0 aliphatic rings. The fourth-order valence-electron chi connectivity index (χ4n) is 1.31. The lowest BCUT2D eigenvalue weighted by atomic mass is 10.3. The van der Waals surface area contributed by atoms with E-state index in [2.05, 4.69) is 0 Å². The van der Waals surface area contributed by atoms with Crippen LogP contribution in [-0.2, 0) is 4.57 Å². The summed E-state index contributed by atoms with van der Waals surface area (Å²) in [7, 11) is -3.85. The molecule has 0 saturated carbocycles. The lowest BCUT2D eigenvalue weighted by molar-refractivity contribution is 0.393. The van der Waals surface area contributed by atoms with E-state index in [0.717, 1.165) is 0 Å². The zero-order valence-electron chi connectivity index (χ0n) is 8.79. The van der Waals surface area contributed by atoms with Crippen LogP contribution in [0.25, 0.3) is 0 Å². The van der Waals surface area contributed by atoms with Gasteiger partial charge in [-0.15, -0.1) is 0 Å². The molecule has 0 saturated heterocycles. The van der Waals surface area contributed by atoms with E-state index in [-0.39, 0.29) is 5.30 Å². The van der Waals surface area contributed by atoms with E-state index in [1.165, 1.54) is 12.1 Å². The highest BCUT2D eigenvalue weighted by atomic mass is 35.5. The zero-order valence-corrected chi connectivity index (χ0v) is 10.4. The third-order valence-electron chi connectivity index (χ3n) is 2.13. The molecule has 1 unspecified atom stereocenters. The number of hydrogen-bond donors (Lipinski definition) is 1. The van der Waals surface area contributed by atoms with Crippen LogP contribution in [0.3, 0.4) is 0 Å². The number of benzene rings is 2. The maximum Gasteiger partial charge on any atom is 0.408 e. The Morgan fingerprint density at radius 3 is 2.18 bits per heavy atom. The Labute approximate surface area is 104 Å². The third kappa shape index (κ3) is 3.10. The van der Waals surface area contributed by atoms with Crippen molar-refractivity contribution in [3.05, 3.63) is 59.6 Å². The molecule has 3 nitrogen and oxygen atoms in total. The van der Waals surface area contributed by atoms with Crippen molar-refractivity contribution in [2.45, 2.75) is 0 Å². The summed E-state index contributed by atoms with van der Waals surface area (Å²) in [5, 5.41) is 0.721. The lowest BCUT2D eigenvalue weighted by Crippen LogP contribution is -2.08. The second-order valence-electron chi connectivity index (χ2n) is 3.40. The predicted molar refractivity (Wildman–Crippen MR) is 68.0 cm³/mol. The van der Waals surface area contributed by atoms with Gasteiger partial charge in [0.1, 0.15) is 5.75 Å². The summed E-state index contributed by atoms with van der Waals surface area (Å²) in [5.74, 6) is 0.355. The van der Waals surface area contributed by atoms with Crippen LogP contribution in [0, 0.1) is 0 Å². The van der Waals surface area contributed by atoms with Crippen LogP contribution >= 0.6 is 19.2 Å². The van der Waals surface area contributed by atoms with E-state index in [1.54, 1.807) is 42.5 Å². The Morgan fingerprint density at radius 1 is 1.00 bits per heavy atom. The molecule has 0 fully saturated rings. The van der Waals surface area contributed by atoms with Crippen molar-refractivity contribution in [3.8, 4) is 5.75 Å². The molecule has 88 valence electrons. The van der Waals surface area contributed by atoms with Gasteiger partial charge in [0.05, 0.1) is 5.30 Å². The molecule has 0 aliphatic carbocycles. The number of rotatable bonds is 3. The van der Waals surface area contributed by atoms with Crippen LogP contribution in [-0.4, -0.2) is 4.89 Å². The molecule has 1 atom stereocenters. The summed E-state index contributed by atoms with van der Waals surface area (Å²) in [6, 6.07) is 14.6. The van der Waals surface area contributed by atoms with Gasteiger partial charge in [-0.1, -0.05) is 29.8 Å². The average molecular weight is 269 g/mol. The Balaban J connectivity index is 2.25. The van der Waals surface area contributed by atoms with Gasteiger partial charge < -0.3 is 9.42 Å². The topological polar surface area (TPSA) is 46.5 Å². The molecule has 2 rings (SSSR count). The molecule has 2 aromatic rings. The first-order valence-electron chi connectivity index (χ1n) is 4.91. The van der Waals surface area contributed by atoms with Crippen molar-refractivity contribution in [1.82, 2.24) is 0 Å².